The van der Waals surface area contributed by atoms with E-state index < -0.39 is 4.92 Å². The van der Waals surface area contributed by atoms with Crippen LogP contribution in [0.3, 0.4) is 0 Å². The number of methoxy groups -OCH3 is 1. The maximum atomic E-state index is 13.9. The Morgan fingerprint density at radius 1 is 1.19 bits per heavy atom. The maximum Gasteiger partial charge on any atom is 0.269 e. The molecular formula is C15H15FN2O3. The average Bonchev–Trinajstić information content (AvgIpc) is 2.49. The minimum atomic E-state index is -0.442. The van der Waals surface area contributed by atoms with Gasteiger partial charge in [0, 0.05) is 30.8 Å². The zero-order valence-corrected chi connectivity index (χ0v) is 11.5. The molecule has 0 aromatic heterocycles. The van der Waals surface area contributed by atoms with Crippen molar-refractivity contribution in [2.75, 3.05) is 7.11 Å². The van der Waals surface area contributed by atoms with Gasteiger partial charge in [-0.3, -0.25) is 10.1 Å². The maximum absolute atomic E-state index is 13.9. The molecule has 0 fully saturated rings. The molecule has 0 amide bonds. The van der Waals surface area contributed by atoms with E-state index in [-0.39, 0.29) is 17.3 Å². The molecule has 0 aliphatic heterocycles. The number of nitrogens with zero attached hydrogens (tertiary/aromatic N) is 1. The number of halogens is 1. The van der Waals surface area contributed by atoms with E-state index in [9.17, 15) is 14.5 Å². The molecule has 0 bridgehead atoms. The summed E-state index contributed by atoms with van der Waals surface area (Å²) in [4.78, 5) is 10.1. The highest BCUT2D eigenvalue weighted by Crippen LogP contribution is 2.19. The lowest BCUT2D eigenvalue weighted by Gasteiger charge is -2.08. The molecule has 110 valence electrons. The van der Waals surface area contributed by atoms with Crippen LogP contribution < -0.4 is 10.1 Å². The van der Waals surface area contributed by atoms with Crippen molar-refractivity contribution in [2.24, 2.45) is 0 Å². The molecule has 0 spiro atoms. The van der Waals surface area contributed by atoms with Crippen molar-refractivity contribution in [3.8, 4) is 5.75 Å². The SMILES string of the molecule is COc1cccc(CNCc2ccc([N+](=O)[O-])cc2)c1F. The van der Waals surface area contributed by atoms with Gasteiger partial charge >= 0.3 is 0 Å². The number of benzene rings is 2. The van der Waals surface area contributed by atoms with Crippen molar-refractivity contribution in [3.05, 3.63) is 69.5 Å². The molecule has 6 heteroatoms. The molecule has 0 aliphatic carbocycles. The molecule has 0 unspecified atom stereocenters. The number of nitro benzene ring substituents is 1. The first kappa shape index (κ1) is 14.9. The molecule has 0 aliphatic rings. The van der Waals surface area contributed by atoms with Gasteiger partial charge in [-0.1, -0.05) is 24.3 Å². The summed E-state index contributed by atoms with van der Waals surface area (Å²) >= 11 is 0. The fourth-order valence-electron chi connectivity index (χ4n) is 1.93. The van der Waals surface area contributed by atoms with E-state index in [4.69, 9.17) is 4.74 Å². The summed E-state index contributed by atoms with van der Waals surface area (Å²) in [5.41, 5.74) is 1.46. The predicted molar refractivity (Wildman–Crippen MR) is 76.6 cm³/mol. The second-order valence-corrected chi connectivity index (χ2v) is 4.46. The number of non-ortho nitro benzene ring substituents is 1. The van der Waals surface area contributed by atoms with Crippen molar-refractivity contribution >= 4 is 5.69 Å². The predicted octanol–water partition coefficient (Wildman–Crippen LogP) is 3.03. The monoisotopic (exact) mass is 290 g/mol. The van der Waals surface area contributed by atoms with Crippen molar-refractivity contribution in [1.82, 2.24) is 5.32 Å². The Morgan fingerprint density at radius 2 is 1.90 bits per heavy atom. The third kappa shape index (κ3) is 3.76. The van der Waals surface area contributed by atoms with Gasteiger partial charge in [-0.05, 0) is 11.6 Å². The van der Waals surface area contributed by atoms with Crippen LogP contribution in [-0.4, -0.2) is 12.0 Å². The van der Waals surface area contributed by atoms with Gasteiger partial charge in [0.25, 0.3) is 5.69 Å². The van der Waals surface area contributed by atoms with E-state index >= 15 is 0 Å². The van der Waals surface area contributed by atoms with Crippen LogP contribution in [0.5, 0.6) is 5.75 Å². The van der Waals surface area contributed by atoms with Crippen LogP contribution in [0.25, 0.3) is 0 Å². The Bertz CT molecular complexity index is 629. The van der Waals surface area contributed by atoms with E-state index in [1.165, 1.54) is 19.2 Å². The van der Waals surface area contributed by atoms with E-state index in [1.54, 1.807) is 30.3 Å². The summed E-state index contributed by atoms with van der Waals surface area (Å²) in [6.45, 7) is 0.842. The Hall–Kier alpha value is -2.47. The zero-order chi connectivity index (χ0) is 15.2. The van der Waals surface area contributed by atoms with Gasteiger partial charge in [-0.15, -0.1) is 0 Å². The molecule has 1 N–H and O–H groups in total. The highest BCUT2D eigenvalue weighted by molar-refractivity contribution is 5.33. The number of ether oxygens (including phenoxy) is 1. The van der Waals surface area contributed by atoms with Crippen molar-refractivity contribution in [1.29, 1.82) is 0 Å². The van der Waals surface area contributed by atoms with Crippen LogP contribution in [0, 0.1) is 15.9 Å². The van der Waals surface area contributed by atoms with E-state index in [0.717, 1.165) is 5.56 Å². The Balaban J connectivity index is 1.94. The van der Waals surface area contributed by atoms with Gasteiger partial charge in [-0.2, -0.15) is 0 Å². The standard InChI is InChI=1S/C15H15FN2O3/c1-21-14-4-2-3-12(15(14)16)10-17-9-11-5-7-13(8-6-11)18(19)20/h2-8,17H,9-10H2,1H3. The Morgan fingerprint density at radius 3 is 2.52 bits per heavy atom. The first-order valence-corrected chi connectivity index (χ1v) is 6.37. The zero-order valence-electron chi connectivity index (χ0n) is 11.5. The third-order valence-electron chi connectivity index (χ3n) is 3.05. The molecule has 0 heterocycles. The molecule has 21 heavy (non-hydrogen) atoms. The number of hydrogen-bond donors (Lipinski definition) is 1. The first-order chi connectivity index (χ1) is 10.1. The third-order valence-corrected chi connectivity index (χ3v) is 3.05. The summed E-state index contributed by atoms with van der Waals surface area (Å²) in [5.74, 6) is -0.166. The van der Waals surface area contributed by atoms with Crippen LogP contribution in [0.2, 0.25) is 0 Å². The second kappa shape index (κ2) is 6.81. The summed E-state index contributed by atoms with van der Waals surface area (Å²) in [6, 6.07) is 11.2. The number of rotatable bonds is 6. The van der Waals surface area contributed by atoms with Crippen LogP contribution >= 0.6 is 0 Å². The molecule has 0 saturated heterocycles. The smallest absolute Gasteiger partial charge is 0.269 e. The van der Waals surface area contributed by atoms with Crippen LogP contribution in [0.1, 0.15) is 11.1 Å². The van der Waals surface area contributed by atoms with Crippen LogP contribution in [0.4, 0.5) is 10.1 Å². The van der Waals surface area contributed by atoms with Crippen LogP contribution in [0.15, 0.2) is 42.5 Å². The van der Waals surface area contributed by atoms with E-state index in [1.807, 2.05) is 0 Å². The average molecular weight is 290 g/mol. The topological polar surface area (TPSA) is 64.4 Å². The normalized spacial score (nSPS) is 10.4. The Kier molecular flexibility index (Phi) is 4.84. The minimum Gasteiger partial charge on any atom is -0.494 e. The molecule has 2 aromatic carbocycles. The van der Waals surface area contributed by atoms with Crippen molar-refractivity contribution in [3.63, 3.8) is 0 Å². The van der Waals surface area contributed by atoms with Gasteiger partial charge in [0.1, 0.15) is 0 Å². The Labute approximate surface area is 121 Å². The molecular weight excluding hydrogens is 275 g/mol. The van der Waals surface area contributed by atoms with Crippen LogP contribution in [-0.2, 0) is 13.1 Å². The van der Waals surface area contributed by atoms with Gasteiger partial charge in [-0.25, -0.2) is 4.39 Å². The van der Waals surface area contributed by atoms with Gasteiger partial charge in [0.15, 0.2) is 11.6 Å². The summed E-state index contributed by atoms with van der Waals surface area (Å²) in [7, 11) is 1.42. The van der Waals surface area contributed by atoms with Crippen molar-refractivity contribution in [2.45, 2.75) is 13.1 Å². The van der Waals surface area contributed by atoms with E-state index in [0.29, 0.717) is 18.7 Å². The number of hydrogen-bond acceptors (Lipinski definition) is 4. The molecule has 2 aromatic rings. The lowest BCUT2D eigenvalue weighted by molar-refractivity contribution is -0.384. The fraction of sp³-hybridized carbons (Fsp3) is 0.200. The van der Waals surface area contributed by atoms with Gasteiger partial charge in [0.05, 0.1) is 12.0 Å². The highest BCUT2D eigenvalue weighted by atomic mass is 19.1. The number of nitro groups is 1. The molecule has 2 rings (SSSR count). The van der Waals surface area contributed by atoms with Crippen molar-refractivity contribution < 1.29 is 14.1 Å². The lowest BCUT2D eigenvalue weighted by Crippen LogP contribution is -2.14. The summed E-state index contributed by atoms with van der Waals surface area (Å²) in [5, 5.41) is 13.6. The van der Waals surface area contributed by atoms with Gasteiger partial charge < -0.3 is 10.1 Å². The number of nitrogens with one attached hydrogen (secondary N) is 1. The van der Waals surface area contributed by atoms with E-state index in [2.05, 4.69) is 5.32 Å². The first-order valence-electron chi connectivity index (χ1n) is 6.37. The lowest BCUT2D eigenvalue weighted by atomic mass is 10.1. The highest BCUT2D eigenvalue weighted by Gasteiger charge is 2.08. The largest absolute Gasteiger partial charge is 0.494 e. The fourth-order valence-corrected chi connectivity index (χ4v) is 1.93. The minimum absolute atomic E-state index is 0.0533. The molecule has 0 atom stereocenters. The molecule has 0 radical (unpaired) electrons. The molecule has 0 saturated carbocycles. The quantitative estimate of drug-likeness (QED) is 0.656. The molecule has 5 nitrogen and oxygen atoms in total. The van der Waals surface area contributed by atoms with Gasteiger partial charge in [0.2, 0.25) is 0 Å². The second-order valence-electron chi connectivity index (χ2n) is 4.46. The summed E-state index contributed by atoms with van der Waals surface area (Å²) in [6.07, 6.45) is 0. The summed E-state index contributed by atoms with van der Waals surface area (Å²) < 4.78 is 18.8.